The molecule has 2 N–H and O–H groups in total. The average Bonchev–Trinajstić information content (AvgIpc) is 2.71. The van der Waals surface area contributed by atoms with Crippen LogP contribution >= 0.6 is 0 Å². The number of halogens is 1. The highest BCUT2D eigenvalue weighted by molar-refractivity contribution is 5.94. The van der Waals surface area contributed by atoms with Crippen molar-refractivity contribution in [2.45, 2.75) is 12.6 Å². The SMILES string of the molecule is COc1ccccc1C[NH+](C)[C@H](C(=O)Nc1ccc(F)cc1)c1ccccc1. The van der Waals surface area contributed by atoms with Gasteiger partial charge in [-0.1, -0.05) is 42.5 Å². The first-order valence-corrected chi connectivity index (χ1v) is 9.14. The highest BCUT2D eigenvalue weighted by Gasteiger charge is 2.29. The van der Waals surface area contributed by atoms with Crippen molar-refractivity contribution < 1.29 is 18.8 Å². The lowest BCUT2D eigenvalue weighted by molar-refractivity contribution is -0.915. The third kappa shape index (κ3) is 4.75. The van der Waals surface area contributed by atoms with E-state index in [1.165, 1.54) is 12.1 Å². The summed E-state index contributed by atoms with van der Waals surface area (Å²) in [6.07, 6.45) is 0. The molecule has 0 spiro atoms. The lowest BCUT2D eigenvalue weighted by Crippen LogP contribution is -3.09. The van der Waals surface area contributed by atoms with Crippen LogP contribution in [0, 0.1) is 5.82 Å². The van der Waals surface area contributed by atoms with E-state index in [0.717, 1.165) is 21.8 Å². The zero-order chi connectivity index (χ0) is 19.9. The first-order valence-electron chi connectivity index (χ1n) is 9.14. The molecule has 0 heterocycles. The molecule has 0 aliphatic carbocycles. The molecule has 5 heteroatoms. The predicted molar refractivity (Wildman–Crippen MR) is 108 cm³/mol. The molecule has 3 aromatic rings. The molecule has 0 saturated heterocycles. The second kappa shape index (κ2) is 9.15. The highest BCUT2D eigenvalue weighted by Crippen LogP contribution is 2.18. The quantitative estimate of drug-likeness (QED) is 0.662. The fourth-order valence-electron chi connectivity index (χ4n) is 3.30. The molecule has 0 fully saturated rings. The van der Waals surface area contributed by atoms with Gasteiger partial charge in [0.15, 0.2) is 6.04 Å². The van der Waals surface area contributed by atoms with Crippen molar-refractivity contribution >= 4 is 11.6 Å². The van der Waals surface area contributed by atoms with Crippen molar-refractivity contribution in [1.29, 1.82) is 0 Å². The Kier molecular flexibility index (Phi) is 6.40. The summed E-state index contributed by atoms with van der Waals surface area (Å²) in [5.74, 6) is 0.314. The molecule has 3 rings (SSSR count). The smallest absolute Gasteiger partial charge is 0.287 e. The number of carbonyl (C=O) groups is 1. The molecule has 1 unspecified atom stereocenters. The van der Waals surface area contributed by atoms with Crippen LogP contribution in [0.5, 0.6) is 5.75 Å². The number of likely N-dealkylation sites (N-methyl/N-ethyl adjacent to an activating group) is 1. The Morgan fingerprint density at radius 3 is 2.32 bits per heavy atom. The molecular weight excluding hydrogens is 355 g/mol. The lowest BCUT2D eigenvalue weighted by atomic mass is 10.0. The number of nitrogens with one attached hydrogen (secondary N) is 2. The number of ether oxygens (including phenoxy) is 1. The molecule has 1 amide bonds. The summed E-state index contributed by atoms with van der Waals surface area (Å²) in [7, 11) is 3.62. The number of hydrogen-bond donors (Lipinski definition) is 2. The van der Waals surface area contributed by atoms with Gasteiger partial charge in [-0.25, -0.2) is 4.39 Å². The van der Waals surface area contributed by atoms with Crippen LogP contribution in [0.3, 0.4) is 0 Å². The van der Waals surface area contributed by atoms with Crippen molar-refractivity contribution in [3.8, 4) is 5.75 Å². The van der Waals surface area contributed by atoms with Crippen molar-refractivity contribution in [3.63, 3.8) is 0 Å². The van der Waals surface area contributed by atoms with Crippen LogP contribution in [0.25, 0.3) is 0 Å². The molecule has 0 aliphatic rings. The summed E-state index contributed by atoms with van der Waals surface area (Å²) >= 11 is 0. The molecule has 28 heavy (non-hydrogen) atoms. The number of carbonyl (C=O) groups excluding carboxylic acids is 1. The molecule has 0 bridgehead atoms. The summed E-state index contributed by atoms with van der Waals surface area (Å²) in [6.45, 7) is 0.612. The number of quaternary nitrogens is 1. The van der Waals surface area contributed by atoms with Crippen LogP contribution in [0.4, 0.5) is 10.1 Å². The van der Waals surface area contributed by atoms with E-state index in [2.05, 4.69) is 5.32 Å². The monoisotopic (exact) mass is 379 g/mol. The number of benzene rings is 3. The van der Waals surface area contributed by atoms with Gasteiger partial charge in [0.05, 0.1) is 14.2 Å². The molecule has 0 saturated carbocycles. The Labute approximate surface area is 164 Å². The molecule has 0 radical (unpaired) electrons. The van der Waals surface area contributed by atoms with Crippen molar-refractivity contribution in [2.24, 2.45) is 0 Å². The van der Waals surface area contributed by atoms with Crippen LogP contribution < -0.4 is 15.0 Å². The van der Waals surface area contributed by atoms with E-state index in [-0.39, 0.29) is 11.7 Å². The maximum absolute atomic E-state index is 13.2. The maximum Gasteiger partial charge on any atom is 0.287 e. The Bertz CT molecular complexity index is 913. The van der Waals surface area contributed by atoms with Crippen LogP contribution in [-0.2, 0) is 11.3 Å². The summed E-state index contributed by atoms with van der Waals surface area (Å²) < 4.78 is 18.6. The highest BCUT2D eigenvalue weighted by atomic mass is 19.1. The van der Waals surface area contributed by atoms with Gasteiger partial charge in [-0.15, -0.1) is 0 Å². The fourth-order valence-corrected chi connectivity index (χ4v) is 3.30. The molecular formula is C23H24FN2O2+. The summed E-state index contributed by atoms with van der Waals surface area (Å²) in [4.78, 5) is 14.1. The van der Waals surface area contributed by atoms with Gasteiger partial charge in [-0.3, -0.25) is 4.79 Å². The molecule has 4 nitrogen and oxygen atoms in total. The van der Waals surface area contributed by atoms with E-state index in [1.807, 2.05) is 61.6 Å². The van der Waals surface area contributed by atoms with Gasteiger partial charge in [-0.05, 0) is 36.4 Å². The number of methoxy groups -OCH3 is 1. The maximum atomic E-state index is 13.2. The topological polar surface area (TPSA) is 42.8 Å². The summed E-state index contributed by atoms with van der Waals surface area (Å²) in [6, 6.07) is 22.8. The van der Waals surface area contributed by atoms with Gasteiger partial charge in [0, 0.05) is 16.8 Å². The number of anilines is 1. The minimum absolute atomic E-state index is 0.148. The Morgan fingerprint density at radius 1 is 1.00 bits per heavy atom. The second-order valence-electron chi connectivity index (χ2n) is 6.67. The third-order valence-corrected chi connectivity index (χ3v) is 4.66. The van der Waals surface area contributed by atoms with Crippen molar-refractivity contribution in [1.82, 2.24) is 0 Å². The van der Waals surface area contributed by atoms with E-state index in [1.54, 1.807) is 19.2 Å². The minimum atomic E-state index is -0.434. The van der Waals surface area contributed by atoms with Gasteiger partial charge in [-0.2, -0.15) is 0 Å². The fraction of sp³-hybridized carbons (Fsp3) is 0.174. The first kappa shape index (κ1) is 19.6. The third-order valence-electron chi connectivity index (χ3n) is 4.66. The van der Waals surface area contributed by atoms with E-state index in [4.69, 9.17) is 4.74 Å². The first-order chi connectivity index (χ1) is 13.6. The zero-order valence-corrected chi connectivity index (χ0v) is 16.0. The van der Waals surface area contributed by atoms with Gasteiger partial charge < -0.3 is 15.0 Å². The lowest BCUT2D eigenvalue weighted by Gasteiger charge is -2.25. The van der Waals surface area contributed by atoms with Gasteiger partial charge >= 0.3 is 0 Å². The van der Waals surface area contributed by atoms with E-state index in [9.17, 15) is 9.18 Å². The number of hydrogen-bond acceptors (Lipinski definition) is 2. The molecule has 2 atom stereocenters. The van der Waals surface area contributed by atoms with Crippen LogP contribution in [0.1, 0.15) is 17.2 Å². The summed E-state index contributed by atoms with van der Waals surface area (Å²) in [5, 5.41) is 2.91. The largest absolute Gasteiger partial charge is 0.496 e. The summed E-state index contributed by atoms with van der Waals surface area (Å²) in [5.41, 5.74) is 2.50. The number of amides is 1. The van der Waals surface area contributed by atoms with Gasteiger partial charge in [0.25, 0.3) is 5.91 Å². The Balaban J connectivity index is 1.86. The van der Waals surface area contributed by atoms with Crippen molar-refractivity contribution in [3.05, 3.63) is 95.8 Å². The van der Waals surface area contributed by atoms with Gasteiger partial charge in [0.1, 0.15) is 18.1 Å². The number of para-hydroxylation sites is 1. The average molecular weight is 379 g/mol. The van der Waals surface area contributed by atoms with E-state index >= 15 is 0 Å². The van der Waals surface area contributed by atoms with Gasteiger partial charge in [0.2, 0.25) is 0 Å². The molecule has 0 aliphatic heterocycles. The second-order valence-corrected chi connectivity index (χ2v) is 6.67. The Morgan fingerprint density at radius 2 is 1.64 bits per heavy atom. The standard InChI is InChI=1S/C23H23FN2O2/c1-26(16-18-10-6-7-11-21(18)28-2)22(17-8-4-3-5-9-17)23(27)25-20-14-12-19(24)13-15-20/h3-15,22H,16H2,1-2H3,(H,25,27)/p+1/t22-/m0/s1. The van der Waals surface area contributed by atoms with Crippen LogP contribution in [-0.4, -0.2) is 20.1 Å². The zero-order valence-electron chi connectivity index (χ0n) is 16.0. The van der Waals surface area contributed by atoms with E-state index in [0.29, 0.717) is 12.2 Å². The van der Waals surface area contributed by atoms with E-state index < -0.39 is 6.04 Å². The van der Waals surface area contributed by atoms with Crippen LogP contribution in [0.2, 0.25) is 0 Å². The predicted octanol–water partition coefficient (Wildman–Crippen LogP) is 3.23. The normalized spacial score (nSPS) is 12.8. The van der Waals surface area contributed by atoms with Crippen molar-refractivity contribution in [2.75, 3.05) is 19.5 Å². The molecule has 3 aromatic carbocycles. The minimum Gasteiger partial charge on any atom is -0.496 e. The molecule has 144 valence electrons. The number of rotatable bonds is 7. The van der Waals surface area contributed by atoms with Crippen LogP contribution in [0.15, 0.2) is 78.9 Å². The molecule has 0 aromatic heterocycles. The Hall–Kier alpha value is -3.18.